The van der Waals surface area contributed by atoms with Gasteiger partial charge in [0, 0.05) is 12.7 Å². The van der Waals surface area contributed by atoms with E-state index < -0.39 is 0 Å². The quantitative estimate of drug-likeness (QED) is 0.877. The molecule has 0 unspecified atom stereocenters. The van der Waals surface area contributed by atoms with Crippen LogP contribution < -0.4 is 5.73 Å². The first-order valence-corrected chi connectivity index (χ1v) is 6.46. The van der Waals surface area contributed by atoms with Crippen LogP contribution in [0.15, 0.2) is 42.9 Å². The van der Waals surface area contributed by atoms with Gasteiger partial charge < -0.3 is 10.3 Å². The van der Waals surface area contributed by atoms with Crippen molar-refractivity contribution in [2.75, 3.05) is 0 Å². The van der Waals surface area contributed by atoms with Crippen molar-refractivity contribution in [2.24, 2.45) is 11.7 Å². The van der Waals surface area contributed by atoms with Gasteiger partial charge in [0.15, 0.2) is 0 Å². The molecule has 96 valence electrons. The molecule has 3 heteroatoms. The van der Waals surface area contributed by atoms with E-state index in [1.54, 1.807) is 0 Å². The average Bonchev–Trinajstić information content (AvgIpc) is 2.77. The molecule has 18 heavy (non-hydrogen) atoms. The van der Waals surface area contributed by atoms with E-state index in [4.69, 9.17) is 5.73 Å². The molecule has 2 aromatic rings. The molecular weight excluding hydrogens is 222 g/mol. The standard InChI is InChI=1S/C15H21N3/c1-12(2)10-18-11-17-9-15(18)14(16)8-13-6-4-3-5-7-13/h3-7,9,11-12,14H,8,10,16H2,1-2H3/t14-/m1/s1. The largest absolute Gasteiger partial charge is 0.333 e. The Morgan fingerprint density at radius 3 is 2.61 bits per heavy atom. The molecule has 3 nitrogen and oxygen atoms in total. The molecule has 1 aromatic heterocycles. The van der Waals surface area contributed by atoms with Crippen LogP contribution >= 0.6 is 0 Å². The number of benzene rings is 1. The van der Waals surface area contributed by atoms with Crippen molar-refractivity contribution in [3.05, 3.63) is 54.1 Å². The summed E-state index contributed by atoms with van der Waals surface area (Å²) >= 11 is 0. The van der Waals surface area contributed by atoms with Gasteiger partial charge in [-0.2, -0.15) is 0 Å². The van der Waals surface area contributed by atoms with Gasteiger partial charge in [-0.05, 0) is 17.9 Å². The number of imidazole rings is 1. The Balaban J connectivity index is 2.09. The van der Waals surface area contributed by atoms with Crippen LogP contribution in [0.5, 0.6) is 0 Å². The van der Waals surface area contributed by atoms with Crippen molar-refractivity contribution >= 4 is 0 Å². The van der Waals surface area contributed by atoms with E-state index in [1.807, 2.05) is 30.7 Å². The van der Waals surface area contributed by atoms with E-state index in [9.17, 15) is 0 Å². The summed E-state index contributed by atoms with van der Waals surface area (Å²) in [5.74, 6) is 0.599. The number of nitrogens with zero attached hydrogens (tertiary/aromatic N) is 2. The Morgan fingerprint density at radius 1 is 1.22 bits per heavy atom. The lowest BCUT2D eigenvalue weighted by Crippen LogP contribution is -2.19. The van der Waals surface area contributed by atoms with Crippen molar-refractivity contribution in [3.63, 3.8) is 0 Å². The summed E-state index contributed by atoms with van der Waals surface area (Å²) < 4.78 is 2.16. The smallest absolute Gasteiger partial charge is 0.0948 e. The molecular formula is C15H21N3. The molecule has 0 aliphatic rings. The molecule has 1 heterocycles. The lowest BCUT2D eigenvalue weighted by atomic mass is 10.0. The van der Waals surface area contributed by atoms with Gasteiger partial charge in [0.05, 0.1) is 18.1 Å². The molecule has 0 saturated heterocycles. The summed E-state index contributed by atoms with van der Waals surface area (Å²) in [5.41, 5.74) is 8.67. The molecule has 0 amide bonds. The van der Waals surface area contributed by atoms with Crippen LogP contribution in [0.4, 0.5) is 0 Å². The Kier molecular flexibility index (Phi) is 4.15. The molecule has 0 aliphatic heterocycles. The number of rotatable bonds is 5. The van der Waals surface area contributed by atoms with E-state index in [2.05, 4.69) is 35.5 Å². The van der Waals surface area contributed by atoms with Crippen LogP contribution in [0.3, 0.4) is 0 Å². The summed E-state index contributed by atoms with van der Waals surface area (Å²) in [4.78, 5) is 4.22. The highest BCUT2D eigenvalue weighted by Crippen LogP contribution is 2.16. The molecule has 0 spiro atoms. The number of hydrogen-bond acceptors (Lipinski definition) is 2. The van der Waals surface area contributed by atoms with E-state index in [-0.39, 0.29) is 6.04 Å². The van der Waals surface area contributed by atoms with Gasteiger partial charge in [0.25, 0.3) is 0 Å². The van der Waals surface area contributed by atoms with Gasteiger partial charge >= 0.3 is 0 Å². The lowest BCUT2D eigenvalue weighted by molar-refractivity contribution is 0.493. The Labute approximate surface area is 109 Å². The Morgan fingerprint density at radius 2 is 1.94 bits per heavy atom. The molecule has 0 bridgehead atoms. The third-order valence-electron chi connectivity index (χ3n) is 2.98. The van der Waals surface area contributed by atoms with Crippen LogP contribution in [-0.4, -0.2) is 9.55 Å². The van der Waals surface area contributed by atoms with E-state index in [1.165, 1.54) is 5.56 Å². The molecule has 2 rings (SSSR count). The SMILES string of the molecule is CC(C)Cn1cncc1[C@H](N)Cc1ccccc1. The first-order chi connectivity index (χ1) is 8.66. The van der Waals surface area contributed by atoms with Crippen LogP contribution in [0.25, 0.3) is 0 Å². The zero-order valence-electron chi connectivity index (χ0n) is 11.1. The molecule has 0 radical (unpaired) electrons. The predicted octanol–water partition coefficient (Wildman–Crippen LogP) is 2.78. The molecule has 1 atom stereocenters. The third kappa shape index (κ3) is 3.20. The van der Waals surface area contributed by atoms with Gasteiger partial charge in [-0.1, -0.05) is 44.2 Å². The lowest BCUT2D eigenvalue weighted by Gasteiger charge is -2.16. The maximum Gasteiger partial charge on any atom is 0.0948 e. The van der Waals surface area contributed by atoms with Crippen LogP contribution in [0.2, 0.25) is 0 Å². The minimum atomic E-state index is 0.00801. The van der Waals surface area contributed by atoms with Crippen molar-refractivity contribution in [2.45, 2.75) is 32.9 Å². The predicted molar refractivity (Wildman–Crippen MR) is 74.1 cm³/mol. The maximum atomic E-state index is 6.29. The first-order valence-electron chi connectivity index (χ1n) is 6.46. The Hall–Kier alpha value is -1.61. The monoisotopic (exact) mass is 243 g/mol. The normalized spacial score (nSPS) is 12.9. The highest BCUT2D eigenvalue weighted by molar-refractivity contribution is 5.18. The van der Waals surface area contributed by atoms with Crippen LogP contribution in [0, 0.1) is 5.92 Å². The van der Waals surface area contributed by atoms with Gasteiger partial charge in [0.1, 0.15) is 0 Å². The van der Waals surface area contributed by atoms with Crippen molar-refractivity contribution in [1.29, 1.82) is 0 Å². The molecule has 1 aromatic carbocycles. The minimum Gasteiger partial charge on any atom is -0.333 e. The summed E-state index contributed by atoms with van der Waals surface area (Å²) in [5, 5.41) is 0. The fourth-order valence-corrected chi connectivity index (χ4v) is 2.16. The van der Waals surface area contributed by atoms with Gasteiger partial charge in [-0.3, -0.25) is 0 Å². The summed E-state index contributed by atoms with van der Waals surface area (Å²) in [7, 11) is 0. The maximum absolute atomic E-state index is 6.29. The highest BCUT2D eigenvalue weighted by atomic mass is 15.1. The second-order valence-electron chi connectivity index (χ2n) is 5.16. The zero-order chi connectivity index (χ0) is 13.0. The molecule has 0 fully saturated rings. The van der Waals surface area contributed by atoms with Gasteiger partial charge in [0.2, 0.25) is 0 Å². The second kappa shape index (κ2) is 5.83. The van der Waals surface area contributed by atoms with Gasteiger partial charge in [-0.15, -0.1) is 0 Å². The number of nitrogens with two attached hydrogens (primary N) is 1. The zero-order valence-corrected chi connectivity index (χ0v) is 11.1. The molecule has 0 saturated carbocycles. The summed E-state index contributed by atoms with van der Waals surface area (Å²) in [6.45, 7) is 5.37. The average molecular weight is 243 g/mol. The van der Waals surface area contributed by atoms with Crippen molar-refractivity contribution in [1.82, 2.24) is 9.55 Å². The van der Waals surface area contributed by atoms with Crippen molar-refractivity contribution in [3.8, 4) is 0 Å². The minimum absolute atomic E-state index is 0.00801. The Bertz CT molecular complexity index is 473. The van der Waals surface area contributed by atoms with Gasteiger partial charge in [-0.25, -0.2) is 4.98 Å². The molecule has 0 aliphatic carbocycles. The first kappa shape index (κ1) is 12.8. The van der Waals surface area contributed by atoms with Crippen molar-refractivity contribution < 1.29 is 0 Å². The van der Waals surface area contributed by atoms with Crippen LogP contribution in [-0.2, 0) is 13.0 Å². The molecule has 2 N–H and O–H groups in total. The highest BCUT2D eigenvalue weighted by Gasteiger charge is 2.12. The van der Waals surface area contributed by atoms with Crippen LogP contribution in [0.1, 0.15) is 31.1 Å². The summed E-state index contributed by atoms with van der Waals surface area (Å²) in [6.07, 6.45) is 4.61. The topological polar surface area (TPSA) is 43.8 Å². The second-order valence-corrected chi connectivity index (χ2v) is 5.16. The number of hydrogen-bond donors (Lipinski definition) is 1. The number of aromatic nitrogens is 2. The van der Waals surface area contributed by atoms with E-state index in [0.717, 1.165) is 18.7 Å². The fourth-order valence-electron chi connectivity index (χ4n) is 2.16. The third-order valence-corrected chi connectivity index (χ3v) is 2.98. The fraction of sp³-hybridized carbons (Fsp3) is 0.400. The summed E-state index contributed by atoms with van der Waals surface area (Å²) in [6, 6.07) is 10.4. The van der Waals surface area contributed by atoms with E-state index >= 15 is 0 Å². The van der Waals surface area contributed by atoms with E-state index in [0.29, 0.717) is 5.92 Å².